The summed E-state index contributed by atoms with van der Waals surface area (Å²) in [6, 6.07) is 0. The van der Waals surface area contributed by atoms with Crippen LogP contribution in [0, 0.1) is 0 Å². The lowest BCUT2D eigenvalue weighted by Crippen LogP contribution is -2.28. The molecule has 6 nitrogen and oxygen atoms in total. The second kappa shape index (κ2) is 4.13. The van der Waals surface area contributed by atoms with Gasteiger partial charge in [0.25, 0.3) is 0 Å². The zero-order valence-corrected chi connectivity index (χ0v) is 9.96. The second-order valence-corrected chi connectivity index (χ2v) is 4.62. The number of carboxylic acids is 1. The minimum absolute atomic E-state index is 0.0215. The van der Waals surface area contributed by atoms with Gasteiger partial charge in [-0.1, -0.05) is 0 Å². The highest BCUT2D eigenvalue weighted by atomic mass is 35.5. The molecule has 0 fully saturated rings. The zero-order chi connectivity index (χ0) is 12.5. The number of hydrogen-bond donors (Lipinski definition) is 3. The van der Waals surface area contributed by atoms with E-state index < -0.39 is 5.97 Å². The van der Waals surface area contributed by atoms with E-state index in [0.29, 0.717) is 0 Å². The normalized spacial score (nSPS) is 11.2. The van der Waals surface area contributed by atoms with Gasteiger partial charge in [-0.2, -0.15) is 4.98 Å². The van der Waals surface area contributed by atoms with Gasteiger partial charge in [0.05, 0.1) is 0 Å². The van der Waals surface area contributed by atoms with Crippen molar-refractivity contribution in [3.63, 3.8) is 0 Å². The summed E-state index contributed by atoms with van der Waals surface area (Å²) in [5.74, 6) is -1.01. The lowest BCUT2D eigenvalue weighted by Gasteiger charge is -2.22. The van der Waals surface area contributed by atoms with Gasteiger partial charge in [-0.15, -0.1) is 0 Å². The fraction of sp³-hybridized carbons (Fsp3) is 0.444. The highest BCUT2D eigenvalue weighted by Gasteiger charge is 2.19. The van der Waals surface area contributed by atoms with Crippen LogP contribution in [0.4, 0.5) is 11.5 Å². The van der Waals surface area contributed by atoms with E-state index >= 15 is 0 Å². The van der Waals surface area contributed by atoms with Crippen LogP contribution < -0.4 is 11.1 Å². The Labute approximate surface area is 97.8 Å². The van der Waals surface area contributed by atoms with Gasteiger partial charge < -0.3 is 16.2 Å². The Morgan fingerprint density at radius 3 is 2.44 bits per heavy atom. The van der Waals surface area contributed by atoms with Gasteiger partial charge in [0, 0.05) is 5.54 Å². The number of aromatic carboxylic acids is 1. The molecular formula is C9H13ClN4O2. The highest BCUT2D eigenvalue weighted by Crippen LogP contribution is 2.24. The van der Waals surface area contributed by atoms with Crippen LogP contribution in [0.5, 0.6) is 0 Å². The molecule has 1 heterocycles. The van der Waals surface area contributed by atoms with Gasteiger partial charge in [-0.25, -0.2) is 9.78 Å². The third kappa shape index (κ3) is 2.96. The molecule has 0 aliphatic heterocycles. The molecular weight excluding hydrogens is 232 g/mol. The van der Waals surface area contributed by atoms with E-state index in [0.717, 1.165) is 0 Å². The smallest absolute Gasteiger partial charge is 0.356 e. The van der Waals surface area contributed by atoms with Crippen LogP contribution in [0.25, 0.3) is 0 Å². The van der Waals surface area contributed by atoms with Crippen molar-refractivity contribution in [2.45, 2.75) is 26.3 Å². The van der Waals surface area contributed by atoms with Gasteiger partial charge in [0.1, 0.15) is 5.69 Å². The molecule has 0 saturated heterocycles. The molecule has 0 radical (unpaired) electrons. The summed E-state index contributed by atoms with van der Waals surface area (Å²) in [5.41, 5.74) is 5.01. The van der Waals surface area contributed by atoms with Gasteiger partial charge in [0.2, 0.25) is 5.28 Å². The molecule has 0 bridgehead atoms. The Kier molecular flexibility index (Phi) is 3.23. The molecule has 0 atom stereocenters. The summed E-state index contributed by atoms with van der Waals surface area (Å²) in [6.45, 7) is 5.68. The number of nitrogens with zero attached hydrogens (tertiary/aromatic N) is 2. The third-order valence-corrected chi connectivity index (χ3v) is 1.78. The van der Waals surface area contributed by atoms with E-state index in [1.807, 2.05) is 20.8 Å². The molecule has 0 aromatic carbocycles. The quantitative estimate of drug-likeness (QED) is 0.684. The molecule has 1 aromatic heterocycles. The van der Waals surface area contributed by atoms with Crippen molar-refractivity contribution < 1.29 is 9.90 Å². The number of aromatic nitrogens is 2. The first-order valence-corrected chi connectivity index (χ1v) is 4.93. The molecule has 1 rings (SSSR count). The SMILES string of the molecule is CC(C)(C)Nc1nc(Cl)nc(C(=O)O)c1N. The highest BCUT2D eigenvalue weighted by molar-refractivity contribution is 6.28. The first kappa shape index (κ1) is 12.5. The van der Waals surface area contributed by atoms with E-state index in [-0.39, 0.29) is 28.0 Å². The number of nitrogens with one attached hydrogen (secondary N) is 1. The lowest BCUT2D eigenvalue weighted by molar-refractivity contribution is 0.0691. The van der Waals surface area contributed by atoms with E-state index in [1.54, 1.807) is 0 Å². The number of halogens is 1. The van der Waals surface area contributed by atoms with E-state index in [9.17, 15) is 4.79 Å². The first-order valence-electron chi connectivity index (χ1n) is 4.55. The number of rotatable bonds is 2. The average Bonchev–Trinajstić information content (AvgIpc) is 2.07. The number of carbonyl (C=O) groups is 1. The number of nitrogen functional groups attached to an aromatic ring is 1. The zero-order valence-electron chi connectivity index (χ0n) is 9.21. The molecule has 0 amide bonds. The van der Waals surface area contributed by atoms with Crippen molar-refractivity contribution in [1.82, 2.24) is 9.97 Å². The number of hydrogen-bond acceptors (Lipinski definition) is 5. The van der Waals surface area contributed by atoms with Gasteiger partial charge in [-0.3, -0.25) is 0 Å². The standard InChI is InChI=1S/C9H13ClN4O2/c1-9(2,3)14-6-4(11)5(7(15)16)12-8(10)13-6/h11H2,1-3H3,(H,15,16)(H,12,13,14). The van der Waals surface area contributed by atoms with Crippen LogP contribution >= 0.6 is 11.6 Å². The van der Waals surface area contributed by atoms with Crippen molar-refractivity contribution >= 4 is 29.1 Å². The van der Waals surface area contributed by atoms with Crippen LogP contribution in [-0.2, 0) is 0 Å². The fourth-order valence-corrected chi connectivity index (χ4v) is 1.22. The average molecular weight is 245 g/mol. The van der Waals surface area contributed by atoms with Gasteiger partial charge in [0.15, 0.2) is 11.5 Å². The number of anilines is 2. The molecule has 0 aliphatic rings. The Balaban J connectivity index is 3.25. The molecule has 7 heteroatoms. The van der Waals surface area contributed by atoms with Crippen LogP contribution in [0.3, 0.4) is 0 Å². The largest absolute Gasteiger partial charge is 0.476 e. The van der Waals surface area contributed by atoms with Crippen molar-refractivity contribution in [2.75, 3.05) is 11.1 Å². The minimum atomic E-state index is -1.24. The van der Waals surface area contributed by atoms with Crippen molar-refractivity contribution in [2.24, 2.45) is 0 Å². The number of nitrogens with two attached hydrogens (primary N) is 1. The van der Waals surface area contributed by atoms with Crippen LogP contribution in [0.2, 0.25) is 5.28 Å². The molecule has 0 aliphatic carbocycles. The lowest BCUT2D eigenvalue weighted by atomic mass is 10.1. The maximum Gasteiger partial charge on any atom is 0.356 e. The van der Waals surface area contributed by atoms with E-state index in [4.69, 9.17) is 22.4 Å². The Bertz CT molecular complexity index is 428. The molecule has 0 saturated carbocycles. The van der Waals surface area contributed by atoms with E-state index in [1.165, 1.54) is 0 Å². The summed E-state index contributed by atoms with van der Waals surface area (Å²) < 4.78 is 0. The summed E-state index contributed by atoms with van der Waals surface area (Å²) in [5, 5.41) is 11.7. The van der Waals surface area contributed by atoms with Crippen LogP contribution in [-0.4, -0.2) is 26.6 Å². The summed E-state index contributed by atoms with van der Waals surface area (Å²) in [6.07, 6.45) is 0. The Morgan fingerprint density at radius 1 is 1.44 bits per heavy atom. The fourth-order valence-electron chi connectivity index (χ4n) is 1.06. The summed E-state index contributed by atoms with van der Waals surface area (Å²) in [7, 11) is 0. The number of carboxylic acid groups (broad SMARTS) is 1. The second-order valence-electron chi connectivity index (χ2n) is 4.28. The van der Waals surface area contributed by atoms with Crippen molar-refractivity contribution in [1.29, 1.82) is 0 Å². The predicted octanol–water partition coefficient (Wildman–Crippen LogP) is 1.62. The van der Waals surface area contributed by atoms with Crippen LogP contribution in [0.1, 0.15) is 31.3 Å². The monoisotopic (exact) mass is 244 g/mol. The van der Waals surface area contributed by atoms with Gasteiger partial charge >= 0.3 is 5.97 Å². The molecule has 16 heavy (non-hydrogen) atoms. The Hall–Kier alpha value is -1.56. The maximum absolute atomic E-state index is 10.8. The molecule has 4 N–H and O–H groups in total. The summed E-state index contributed by atoms with van der Waals surface area (Å²) in [4.78, 5) is 18.2. The molecule has 1 aromatic rings. The first-order chi connectivity index (χ1) is 7.20. The maximum atomic E-state index is 10.8. The summed E-state index contributed by atoms with van der Waals surface area (Å²) >= 11 is 5.61. The van der Waals surface area contributed by atoms with Crippen LogP contribution in [0.15, 0.2) is 0 Å². The predicted molar refractivity (Wildman–Crippen MR) is 61.8 cm³/mol. The molecule has 0 spiro atoms. The molecule has 88 valence electrons. The van der Waals surface area contributed by atoms with E-state index in [2.05, 4.69) is 15.3 Å². The van der Waals surface area contributed by atoms with Crippen molar-refractivity contribution in [3.8, 4) is 0 Å². The van der Waals surface area contributed by atoms with Gasteiger partial charge in [-0.05, 0) is 32.4 Å². The molecule has 0 unspecified atom stereocenters. The topological polar surface area (TPSA) is 101 Å². The minimum Gasteiger partial charge on any atom is -0.476 e. The van der Waals surface area contributed by atoms with Crippen molar-refractivity contribution in [3.05, 3.63) is 11.0 Å². The Morgan fingerprint density at radius 2 is 2.00 bits per heavy atom. The third-order valence-electron chi connectivity index (χ3n) is 1.61.